The van der Waals surface area contributed by atoms with Crippen LogP contribution in [0.4, 0.5) is 4.79 Å². The summed E-state index contributed by atoms with van der Waals surface area (Å²) in [5.74, 6) is -0.533. The molecular weight excluding hydrogens is 696 g/mol. The number of amides is 1. The van der Waals surface area contributed by atoms with Crippen molar-refractivity contribution < 1.29 is 38.4 Å². The lowest BCUT2D eigenvalue weighted by atomic mass is 9.97. The van der Waals surface area contributed by atoms with Crippen LogP contribution in [-0.2, 0) is 35.2 Å². The first kappa shape index (κ1) is 43.1. The number of esters is 1. The van der Waals surface area contributed by atoms with Crippen LogP contribution in [0.15, 0.2) is 53.8 Å². The van der Waals surface area contributed by atoms with Crippen molar-refractivity contribution in [1.29, 1.82) is 0 Å². The van der Waals surface area contributed by atoms with Gasteiger partial charge in [0.05, 0.1) is 24.2 Å². The Balaban J connectivity index is 1.57. The number of hydrazine groups is 1. The molecule has 54 heavy (non-hydrogen) atoms. The summed E-state index contributed by atoms with van der Waals surface area (Å²) in [7, 11) is 1.62. The van der Waals surface area contributed by atoms with E-state index in [4.69, 9.17) is 19.0 Å². The fraction of sp³-hybridized carbons (Fsp3) is 0.579. The SMILES string of the molecule is CCCCC(=O)N(Cc1ccc(-c2ccccc2-c2nnn[nH]2)cc1)[C@H](C(=O)OC(C)OC(=O)OCCC(C)CCO/N=[N+](\[O-])N(C)C(C)(C)C)C(C)C. The average Bonchev–Trinajstić information content (AvgIpc) is 3.66. The van der Waals surface area contributed by atoms with E-state index in [2.05, 4.69) is 25.9 Å². The van der Waals surface area contributed by atoms with Crippen LogP contribution in [0.3, 0.4) is 0 Å². The second-order valence-corrected chi connectivity index (χ2v) is 14.6. The Hall–Kier alpha value is -5.28. The smallest absolute Gasteiger partial charge is 0.511 e. The van der Waals surface area contributed by atoms with Crippen LogP contribution < -0.4 is 0 Å². The predicted molar refractivity (Wildman–Crippen MR) is 200 cm³/mol. The minimum absolute atomic E-state index is 0.0637. The van der Waals surface area contributed by atoms with Crippen LogP contribution in [0.1, 0.15) is 93.1 Å². The standard InChI is InChI=1S/C38H56N8O8/c1-10-11-16-33(47)45(25-29-17-19-30(20-18-29)31-14-12-13-15-32(31)35-39-41-42-40-35)34(26(2)3)36(48)53-28(5)54-37(49)51-23-21-27(4)22-24-52-43-46(50)44(9)38(6,7)8/h12-15,17-20,26-28,34H,10-11,16,21-25H2,1-9H3,(H,39,40,41,42)/b46-43-/t27?,28?,34-/m0/s1. The summed E-state index contributed by atoms with van der Waals surface area (Å²) in [6, 6.07) is 14.6. The molecule has 0 aliphatic heterocycles. The number of nitrogens with one attached hydrogen (secondary N) is 1. The van der Waals surface area contributed by atoms with Crippen molar-refractivity contribution in [2.75, 3.05) is 20.3 Å². The van der Waals surface area contributed by atoms with E-state index >= 15 is 0 Å². The lowest BCUT2D eigenvalue weighted by Crippen LogP contribution is -2.49. The predicted octanol–water partition coefficient (Wildman–Crippen LogP) is 7.08. The van der Waals surface area contributed by atoms with Crippen molar-refractivity contribution >= 4 is 18.0 Å². The molecule has 2 unspecified atom stereocenters. The van der Waals surface area contributed by atoms with Crippen LogP contribution in [0, 0.1) is 17.0 Å². The first-order chi connectivity index (χ1) is 25.6. The van der Waals surface area contributed by atoms with Crippen molar-refractivity contribution in [2.45, 2.75) is 112 Å². The van der Waals surface area contributed by atoms with Gasteiger partial charge in [0.2, 0.25) is 17.5 Å². The number of nitrogens with zero attached hydrogens (tertiary/aromatic N) is 7. The Kier molecular flexibility index (Phi) is 16.6. The summed E-state index contributed by atoms with van der Waals surface area (Å²) in [4.78, 5) is 46.7. The van der Waals surface area contributed by atoms with Crippen LogP contribution in [0.25, 0.3) is 22.5 Å². The van der Waals surface area contributed by atoms with Crippen molar-refractivity contribution in [3.8, 4) is 22.5 Å². The van der Waals surface area contributed by atoms with Crippen molar-refractivity contribution in [1.82, 2.24) is 30.5 Å². The van der Waals surface area contributed by atoms with E-state index in [1.807, 2.05) is 97.0 Å². The van der Waals surface area contributed by atoms with Crippen LogP contribution in [-0.4, -0.2) is 91.7 Å². The molecule has 296 valence electrons. The lowest BCUT2D eigenvalue weighted by molar-refractivity contribution is -0.719. The molecule has 16 heteroatoms. The average molecular weight is 753 g/mol. The number of unbranched alkanes of at least 4 members (excludes halogenated alkanes) is 1. The Morgan fingerprint density at radius 1 is 0.963 bits per heavy atom. The van der Waals surface area contributed by atoms with Gasteiger partial charge in [-0.2, -0.15) is 0 Å². The maximum Gasteiger partial charge on any atom is 0.511 e. The van der Waals surface area contributed by atoms with Crippen molar-refractivity contribution in [2.24, 2.45) is 17.1 Å². The van der Waals surface area contributed by atoms with E-state index in [1.165, 1.54) is 11.9 Å². The molecule has 1 heterocycles. The molecule has 3 aromatic rings. The fourth-order valence-corrected chi connectivity index (χ4v) is 5.34. The maximum atomic E-state index is 13.6. The van der Waals surface area contributed by atoms with Gasteiger partial charge < -0.3 is 29.2 Å². The molecule has 16 nitrogen and oxygen atoms in total. The minimum atomic E-state index is -1.26. The van der Waals surface area contributed by atoms with Crippen molar-refractivity contribution in [3.63, 3.8) is 0 Å². The molecular formula is C38H56N8O8. The third-order valence-electron chi connectivity index (χ3n) is 8.85. The first-order valence-corrected chi connectivity index (χ1v) is 18.4. The third kappa shape index (κ3) is 13.3. The number of H-pyrrole nitrogens is 1. The zero-order valence-electron chi connectivity index (χ0n) is 33.0. The van der Waals surface area contributed by atoms with Gasteiger partial charge in [0.15, 0.2) is 5.82 Å². The number of carbonyl (C=O) groups excluding carboxylic acids is 3. The molecule has 2 aromatic carbocycles. The number of hydrogen-bond acceptors (Lipinski definition) is 12. The number of benzene rings is 2. The Morgan fingerprint density at radius 2 is 1.63 bits per heavy atom. The van der Waals surface area contributed by atoms with E-state index < -0.39 is 30.0 Å². The summed E-state index contributed by atoms with van der Waals surface area (Å²) >= 11 is 0. The van der Waals surface area contributed by atoms with Gasteiger partial charge in [0, 0.05) is 25.5 Å². The number of ether oxygens (including phenoxy) is 3. The van der Waals surface area contributed by atoms with Crippen LogP contribution >= 0.6 is 0 Å². The van der Waals surface area contributed by atoms with Gasteiger partial charge in [0.1, 0.15) is 12.6 Å². The van der Waals surface area contributed by atoms with Gasteiger partial charge in [-0.1, -0.05) is 82.6 Å². The molecule has 1 N–H and O–H groups in total. The highest BCUT2D eigenvalue weighted by molar-refractivity contribution is 5.85. The number of rotatable bonds is 20. The molecule has 0 saturated heterocycles. The second-order valence-electron chi connectivity index (χ2n) is 14.6. The topological polar surface area (TPSA) is 188 Å². The summed E-state index contributed by atoms with van der Waals surface area (Å²) in [5.41, 5.74) is 3.12. The highest BCUT2D eigenvalue weighted by atomic mass is 16.8. The van der Waals surface area contributed by atoms with Crippen LogP contribution in [0.5, 0.6) is 0 Å². The second kappa shape index (κ2) is 20.8. The first-order valence-electron chi connectivity index (χ1n) is 18.4. The Morgan fingerprint density at radius 3 is 2.24 bits per heavy atom. The van der Waals surface area contributed by atoms with E-state index in [-0.39, 0.29) is 43.9 Å². The molecule has 0 fully saturated rings. The molecule has 3 atom stereocenters. The molecule has 0 bridgehead atoms. The Labute approximate surface area is 317 Å². The number of tetrazole rings is 1. The highest BCUT2D eigenvalue weighted by Crippen LogP contribution is 2.30. The van der Waals surface area contributed by atoms with Gasteiger partial charge in [0.25, 0.3) is 0 Å². The molecule has 1 aromatic heterocycles. The number of aromatic amines is 1. The van der Waals surface area contributed by atoms with Gasteiger partial charge in [-0.05, 0) is 79.0 Å². The molecule has 0 spiro atoms. The summed E-state index contributed by atoms with van der Waals surface area (Å²) < 4.78 is 16.0. The normalized spacial score (nSPS) is 13.5. The summed E-state index contributed by atoms with van der Waals surface area (Å²) in [6.45, 7) is 15.1. The maximum absolute atomic E-state index is 13.6. The molecule has 1 amide bonds. The highest BCUT2D eigenvalue weighted by Gasteiger charge is 2.35. The van der Waals surface area contributed by atoms with Gasteiger partial charge in [-0.25, -0.2) is 14.7 Å². The number of aromatic nitrogens is 4. The van der Waals surface area contributed by atoms with Gasteiger partial charge >= 0.3 is 12.1 Å². The zero-order valence-corrected chi connectivity index (χ0v) is 33.0. The van der Waals surface area contributed by atoms with E-state index in [9.17, 15) is 19.6 Å². The number of carbonyl (C=O) groups is 3. The summed E-state index contributed by atoms with van der Waals surface area (Å²) in [6.07, 6.45) is 0.592. The largest absolute Gasteiger partial charge is 0.569 e. The molecule has 3 rings (SSSR count). The quantitative estimate of drug-likeness (QED) is 0.0309. The van der Waals surface area contributed by atoms with Crippen molar-refractivity contribution in [3.05, 3.63) is 59.3 Å². The van der Waals surface area contributed by atoms with Gasteiger partial charge in [-0.15, -0.1) is 10.1 Å². The van der Waals surface area contributed by atoms with E-state index in [0.717, 1.165) is 28.7 Å². The third-order valence-corrected chi connectivity index (χ3v) is 8.85. The van der Waals surface area contributed by atoms with Gasteiger partial charge in [-0.3, -0.25) is 4.79 Å². The lowest BCUT2D eigenvalue weighted by Gasteiger charge is -2.33. The zero-order chi connectivity index (χ0) is 39.8. The Bertz CT molecular complexity index is 1640. The molecule has 0 radical (unpaired) electrons. The molecule has 0 saturated carbocycles. The minimum Gasteiger partial charge on any atom is -0.569 e. The van der Waals surface area contributed by atoms with Crippen LogP contribution in [0.2, 0.25) is 0 Å². The van der Waals surface area contributed by atoms with E-state index in [0.29, 0.717) is 30.1 Å². The molecule has 0 aliphatic rings. The fourth-order valence-electron chi connectivity index (χ4n) is 5.34. The van der Waals surface area contributed by atoms with E-state index in [1.54, 1.807) is 11.9 Å². The number of hydrogen-bond donors (Lipinski definition) is 1. The monoisotopic (exact) mass is 752 g/mol. The summed E-state index contributed by atoms with van der Waals surface area (Å²) in [5, 5.41) is 31.2. The molecule has 0 aliphatic carbocycles.